The molecule has 1 heterocycles. The Balaban J connectivity index is 2.79. The third-order valence-electron chi connectivity index (χ3n) is 2.31. The largest absolute Gasteiger partial charge is 0.338 e. The van der Waals surface area contributed by atoms with Gasteiger partial charge >= 0.3 is 0 Å². The van der Waals surface area contributed by atoms with Crippen molar-refractivity contribution in [3.63, 3.8) is 0 Å². The number of alkyl halides is 1. The lowest BCUT2D eigenvalue weighted by Gasteiger charge is -2.21. The number of hydrogen-bond acceptors (Lipinski definition) is 2. The minimum Gasteiger partial charge on any atom is -0.338 e. The monoisotopic (exact) mass is 357 g/mol. The molecule has 1 rings (SSSR count). The van der Waals surface area contributed by atoms with Gasteiger partial charge < -0.3 is 4.90 Å². The summed E-state index contributed by atoms with van der Waals surface area (Å²) in [5.41, 5.74) is 0.513. The molecule has 0 spiro atoms. The van der Waals surface area contributed by atoms with E-state index in [0.29, 0.717) is 20.8 Å². The highest BCUT2D eigenvalue weighted by atomic mass is 79.9. The van der Waals surface area contributed by atoms with E-state index in [4.69, 9.17) is 23.2 Å². The van der Waals surface area contributed by atoms with E-state index in [1.807, 2.05) is 4.90 Å². The molecule has 1 aromatic rings. The molecule has 1 amide bonds. The number of carbonyl (C=O) groups is 1. The average molecular weight is 359 g/mol. The Hall–Kier alpha value is 0.230. The van der Waals surface area contributed by atoms with Gasteiger partial charge in [0.15, 0.2) is 0 Å². The van der Waals surface area contributed by atoms with Crippen LogP contribution < -0.4 is 0 Å². The zero-order chi connectivity index (χ0) is 12.8. The van der Waals surface area contributed by atoms with Crippen LogP contribution in [0.3, 0.4) is 0 Å². The molecule has 0 aliphatic rings. The van der Waals surface area contributed by atoms with Crippen LogP contribution in [0.2, 0.25) is 8.67 Å². The molecule has 0 atom stereocenters. The van der Waals surface area contributed by atoms with Gasteiger partial charge in [-0.1, -0.05) is 52.5 Å². The van der Waals surface area contributed by atoms with Crippen LogP contribution in [0.1, 0.15) is 30.1 Å². The number of amides is 1. The molecule has 0 aromatic carbocycles. The van der Waals surface area contributed by atoms with E-state index in [9.17, 15) is 4.79 Å². The van der Waals surface area contributed by atoms with E-state index in [2.05, 4.69) is 22.9 Å². The van der Waals surface area contributed by atoms with Crippen molar-refractivity contribution in [1.82, 2.24) is 4.90 Å². The summed E-state index contributed by atoms with van der Waals surface area (Å²) in [7, 11) is 0. The van der Waals surface area contributed by atoms with Crippen molar-refractivity contribution < 1.29 is 4.79 Å². The van der Waals surface area contributed by atoms with E-state index in [-0.39, 0.29) is 5.91 Å². The summed E-state index contributed by atoms with van der Waals surface area (Å²) < 4.78 is 1.02. The fraction of sp³-hybridized carbons (Fsp3) is 0.545. The van der Waals surface area contributed by atoms with Crippen LogP contribution in [0.5, 0.6) is 0 Å². The van der Waals surface area contributed by atoms with Crippen LogP contribution >= 0.6 is 50.5 Å². The van der Waals surface area contributed by atoms with Gasteiger partial charge in [0, 0.05) is 18.4 Å². The molecule has 0 N–H and O–H groups in total. The Kier molecular flexibility index (Phi) is 6.85. The lowest BCUT2D eigenvalue weighted by molar-refractivity contribution is 0.0765. The van der Waals surface area contributed by atoms with Crippen LogP contribution in [0, 0.1) is 0 Å². The molecule has 0 saturated carbocycles. The molecule has 6 heteroatoms. The Morgan fingerprint density at radius 3 is 2.65 bits per heavy atom. The van der Waals surface area contributed by atoms with Gasteiger partial charge in [0.25, 0.3) is 5.91 Å². The zero-order valence-corrected chi connectivity index (χ0v) is 13.4. The Bertz CT molecular complexity index is 384. The Labute approximate surface area is 124 Å². The summed E-state index contributed by atoms with van der Waals surface area (Å²) in [5.74, 6) is -0.0361. The minimum absolute atomic E-state index is 0.0361. The van der Waals surface area contributed by atoms with Crippen molar-refractivity contribution in [3.05, 3.63) is 20.3 Å². The molecule has 2 nitrogen and oxygen atoms in total. The smallest absolute Gasteiger partial charge is 0.256 e. The van der Waals surface area contributed by atoms with Crippen molar-refractivity contribution in [2.75, 3.05) is 18.4 Å². The summed E-state index contributed by atoms with van der Waals surface area (Å²) in [4.78, 5) is 14.1. The second-order valence-corrected chi connectivity index (χ2v) is 6.65. The van der Waals surface area contributed by atoms with Gasteiger partial charge in [-0.05, 0) is 12.5 Å². The molecule has 1 aromatic heterocycles. The molecule has 17 heavy (non-hydrogen) atoms. The van der Waals surface area contributed by atoms with Crippen molar-refractivity contribution in [2.24, 2.45) is 0 Å². The molecule has 0 fully saturated rings. The number of halogens is 3. The third kappa shape index (κ3) is 4.43. The molecule has 0 saturated heterocycles. The zero-order valence-electron chi connectivity index (χ0n) is 9.51. The van der Waals surface area contributed by atoms with Gasteiger partial charge in [-0.25, -0.2) is 0 Å². The minimum atomic E-state index is -0.0361. The van der Waals surface area contributed by atoms with Gasteiger partial charge in [0.1, 0.15) is 4.34 Å². The van der Waals surface area contributed by atoms with Crippen molar-refractivity contribution in [3.8, 4) is 0 Å². The summed E-state index contributed by atoms with van der Waals surface area (Å²) >= 11 is 16.4. The maximum absolute atomic E-state index is 12.2. The van der Waals surface area contributed by atoms with Gasteiger partial charge in [-0.2, -0.15) is 0 Å². The summed E-state index contributed by atoms with van der Waals surface area (Å²) in [5, 5.41) is 0.762. The number of thiophene rings is 1. The molecule has 96 valence electrons. The molecular formula is C11H14BrCl2NOS. The van der Waals surface area contributed by atoms with E-state index in [1.54, 1.807) is 6.07 Å². The lowest BCUT2D eigenvalue weighted by atomic mass is 10.2. The Morgan fingerprint density at radius 1 is 1.47 bits per heavy atom. The summed E-state index contributed by atoms with van der Waals surface area (Å²) in [6.07, 6.45) is 2.05. The van der Waals surface area contributed by atoms with Crippen LogP contribution in [0.15, 0.2) is 6.07 Å². The highest BCUT2D eigenvalue weighted by Crippen LogP contribution is 2.32. The van der Waals surface area contributed by atoms with Crippen LogP contribution in [-0.2, 0) is 0 Å². The van der Waals surface area contributed by atoms with Crippen molar-refractivity contribution in [1.29, 1.82) is 0 Å². The number of hydrogen-bond donors (Lipinski definition) is 0. The summed E-state index contributed by atoms with van der Waals surface area (Å²) in [6.45, 7) is 3.54. The Morgan fingerprint density at radius 2 is 2.18 bits per heavy atom. The number of rotatable bonds is 6. The van der Waals surface area contributed by atoms with Crippen LogP contribution in [0.25, 0.3) is 0 Å². The maximum atomic E-state index is 12.2. The first kappa shape index (κ1) is 15.3. The van der Waals surface area contributed by atoms with Gasteiger partial charge in [0.2, 0.25) is 0 Å². The number of unbranched alkanes of at least 4 members (excludes halogenated alkanes) is 1. The number of nitrogens with zero attached hydrogens (tertiary/aromatic N) is 1. The van der Waals surface area contributed by atoms with E-state index >= 15 is 0 Å². The summed E-state index contributed by atoms with van der Waals surface area (Å²) in [6, 6.07) is 1.64. The molecule has 0 bridgehead atoms. The predicted molar refractivity (Wildman–Crippen MR) is 78.9 cm³/mol. The topological polar surface area (TPSA) is 20.3 Å². The van der Waals surface area contributed by atoms with Gasteiger partial charge in [-0.15, -0.1) is 11.3 Å². The first-order chi connectivity index (χ1) is 8.10. The second-order valence-electron chi connectivity index (χ2n) is 3.57. The SMILES string of the molecule is CCCCN(CCBr)C(=O)c1cc(Cl)sc1Cl. The van der Waals surface area contributed by atoms with Crippen molar-refractivity contribution >= 4 is 56.4 Å². The average Bonchev–Trinajstić information content (AvgIpc) is 2.63. The maximum Gasteiger partial charge on any atom is 0.256 e. The van der Waals surface area contributed by atoms with Crippen molar-refractivity contribution in [2.45, 2.75) is 19.8 Å². The normalized spacial score (nSPS) is 10.6. The molecular weight excluding hydrogens is 345 g/mol. The van der Waals surface area contributed by atoms with E-state index < -0.39 is 0 Å². The quantitative estimate of drug-likeness (QED) is 0.675. The fourth-order valence-electron chi connectivity index (χ4n) is 1.42. The molecule has 0 aliphatic carbocycles. The molecule has 0 aliphatic heterocycles. The van der Waals surface area contributed by atoms with Gasteiger partial charge in [0.05, 0.1) is 9.90 Å². The first-order valence-electron chi connectivity index (χ1n) is 5.40. The van der Waals surface area contributed by atoms with E-state index in [0.717, 1.165) is 24.7 Å². The molecule has 0 radical (unpaired) electrons. The number of carbonyl (C=O) groups excluding carboxylic acids is 1. The lowest BCUT2D eigenvalue weighted by Crippen LogP contribution is -2.33. The highest BCUT2D eigenvalue weighted by Gasteiger charge is 2.19. The first-order valence-corrected chi connectivity index (χ1v) is 8.09. The van der Waals surface area contributed by atoms with Crippen LogP contribution in [0.4, 0.5) is 0 Å². The second kappa shape index (κ2) is 7.62. The molecule has 0 unspecified atom stereocenters. The third-order valence-corrected chi connectivity index (χ3v) is 4.15. The van der Waals surface area contributed by atoms with Gasteiger partial charge in [-0.3, -0.25) is 4.79 Å². The fourth-order valence-corrected chi connectivity index (χ4v) is 3.30. The van der Waals surface area contributed by atoms with E-state index in [1.165, 1.54) is 11.3 Å². The van der Waals surface area contributed by atoms with Crippen LogP contribution in [-0.4, -0.2) is 29.2 Å². The predicted octanol–water partition coefficient (Wildman–Crippen LogP) is 4.69. The standard InChI is InChI=1S/C11H14BrCl2NOS/c1-2-3-5-15(6-4-12)11(16)8-7-9(13)17-10(8)14/h7H,2-6H2,1H3. The highest BCUT2D eigenvalue weighted by molar-refractivity contribution is 9.09.